The molecule has 1 aromatic rings. The van der Waals surface area contributed by atoms with E-state index in [1.54, 1.807) is 0 Å². The van der Waals surface area contributed by atoms with Crippen LogP contribution in [0.1, 0.15) is 45.7 Å². The molecular weight excluding hydrogens is 198 g/mol. The highest BCUT2D eigenvalue weighted by Gasteiger charge is 2.06. The molecule has 0 saturated carbocycles. The summed E-state index contributed by atoms with van der Waals surface area (Å²) >= 11 is 0. The highest BCUT2D eigenvalue weighted by Crippen LogP contribution is 2.20. The van der Waals surface area contributed by atoms with Crippen LogP contribution in [-0.4, -0.2) is 12.6 Å². The molecule has 0 amide bonds. The lowest BCUT2D eigenvalue weighted by Gasteiger charge is -2.16. The summed E-state index contributed by atoms with van der Waals surface area (Å²) in [5.74, 6) is 0.969. The van der Waals surface area contributed by atoms with Gasteiger partial charge in [0.1, 0.15) is 5.75 Å². The van der Waals surface area contributed by atoms with Gasteiger partial charge in [0.25, 0.3) is 0 Å². The largest absolute Gasteiger partial charge is 0.491 e. The molecule has 2 nitrogen and oxygen atoms in total. The molecular formula is C14H23NO. The monoisotopic (exact) mass is 221 g/mol. The molecule has 0 spiro atoms. The highest BCUT2D eigenvalue weighted by molar-refractivity contribution is 5.30. The Morgan fingerprint density at radius 2 is 2.00 bits per heavy atom. The Hall–Kier alpha value is -1.02. The van der Waals surface area contributed by atoms with E-state index in [0.29, 0.717) is 6.04 Å². The zero-order valence-corrected chi connectivity index (χ0v) is 10.8. The van der Waals surface area contributed by atoms with Crippen LogP contribution in [-0.2, 0) is 0 Å². The van der Waals surface area contributed by atoms with E-state index >= 15 is 0 Å². The van der Waals surface area contributed by atoms with E-state index in [2.05, 4.69) is 51.2 Å². The number of hydrogen-bond acceptors (Lipinski definition) is 2. The van der Waals surface area contributed by atoms with E-state index < -0.39 is 0 Å². The third-order valence-electron chi connectivity index (χ3n) is 2.78. The molecule has 0 aliphatic heterocycles. The number of benzene rings is 1. The first-order chi connectivity index (χ1) is 7.67. The number of hydrogen-bond donors (Lipinski definition) is 1. The van der Waals surface area contributed by atoms with Crippen LogP contribution in [0.5, 0.6) is 5.75 Å². The molecule has 1 N–H and O–H groups in total. The summed E-state index contributed by atoms with van der Waals surface area (Å²) in [5.41, 5.74) is 1.28. The molecule has 0 saturated heterocycles. The van der Waals surface area contributed by atoms with Crippen LogP contribution in [0.4, 0.5) is 0 Å². The lowest BCUT2D eigenvalue weighted by molar-refractivity contribution is 0.217. The Balaban J connectivity index is 2.70. The van der Waals surface area contributed by atoms with Gasteiger partial charge in [0, 0.05) is 6.04 Å². The Labute approximate surface area is 99.0 Å². The maximum atomic E-state index is 5.80. The van der Waals surface area contributed by atoms with Crippen molar-refractivity contribution in [3.8, 4) is 5.75 Å². The van der Waals surface area contributed by atoms with Crippen molar-refractivity contribution in [2.75, 3.05) is 6.54 Å². The van der Waals surface area contributed by atoms with Crippen molar-refractivity contribution >= 4 is 0 Å². The molecule has 0 aromatic heterocycles. The molecule has 90 valence electrons. The van der Waals surface area contributed by atoms with Crippen molar-refractivity contribution in [2.45, 2.75) is 46.3 Å². The summed E-state index contributed by atoms with van der Waals surface area (Å²) in [5, 5.41) is 3.40. The number of ether oxygens (including phenoxy) is 1. The minimum absolute atomic E-state index is 0.282. The van der Waals surface area contributed by atoms with Gasteiger partial charge < -0.3 is 10.1 Å². The molecule has 0 aliphatic carbocycles. The minimum Gasteiger partial charge on any atom is -0.491 e. The molecule has 2 atom stereocenters. The summed E-state index contributed by atoms with van der Waals surface area (Å²) in [6.07, 6.45) is 1.32. The van der Waals surface area contributed by atoms with E-state index in [1.807, 2.05) is 6.07 Å². The Kier molecular flexibility index (Phi) is 5.33. The minimum atomic E-state index is 0.282. The number of nitrogens with one attached hydrogen (secondary N) is 1. The molecule has 0 bridgehead atoms. The second-order valence-electron chi connectivity index (χ2n) is 4.19. The third-order valence-corrected chi connectivity index (χ3v) is 2.78. The van der Waals surface area contributed by atoms with Crippen LogP contribution in [0.15, 0.2) is 24.3 Å². The zero-order valence-electron chi connectivity index (χ0n) is 10.8. The molecule has 0 aliphatic rings. The molecule has 0 fully saturated rings. The van der Waals surface area contributed by atoms with Crippen molar-refractivity contribution in [2.24, 2.45) is 0 Å². The summed E-state index contributed by atoms with van der Waals surface area (Å²) in [6, 6.07) is 8.72. The Morgan fingerprint density at radius 1 is 1.25 bits per heavy atom. The molecule has 1 aromatic carbocycles. The van der Waals surface area contributed by atoms with Gasteiger partial charge in [-0.25, -0.2) is 0 Å². The van der Waals surface area contributed by atoms with E-state index in [4.69, 9.17) is 4.74 Å². The van der Waals surface area contributed by atoms with Gasteiger partial charge in [-0.15, -0.1) is 0 Å². The molecule has 2 heteroatoms. The fourth-order valence-electron chi connectivity index (χ4n) is 1.60. The maximum Gasteiger partial charge on any atom is 0.120 e. The first-order valence-electron chi connectivity index (χ1n) is 6.17. The first-order valence-corrected chi connectivity index (χ1v) is 6.17. The van der Waals surface area contributed by atoms with E-state index in [0.717, 1.165) is 18.7 Å². The Morgan fingerprint density at radius 3 is 2.62 bits per heavy atom. The van der Waals surface area contributed by atoms with E-state index in [1.165, 1.54) is 5.56 Å². The van der Waals surface area contributed by atoms with Crippen LogP contribution < -0.4 is 10.1 Å². The normalized spacial score (nSPS) is 14.5. The quantitative estimate of drug-likeness (QED) is 0.793. The molecule has 0 heterocycles. The van der Waals surface area contributed by atoms with Gasteiger partial charge in [0.15, 0.2) is 0 Å². The second kappa shape index (κ2) is 6.54. The van der Waals surface area contributed by atoms with Crippen molar-refractivity contribution in [3.05, 3.63) is 29.8 Å². The average molecular weight is 221 g/mol. The van der Waals surface area contributed by atoms with E-state index in [-0.39, 0.29) is 6.10 Å². The van der Waals surface area contributed by atoms with Gasteiger partial charge in [-0.05, 0) is 44.5 Å². The summed E-state index contributed by atoms with van der Waals surface area (Å²) in [4.78, 5) is 0. The lowest BCUT2D eigenvalue weighted by Crippen LogP contribution is -2.18. The summed E-state index contributed by atoms with van der Waals surface area (Å²) in [7, 11) is 0. The fourth-order valence-corrected chi connectivity index (χ4v) is 1.60. The van der Waals surface area contributed by atoms with Crippen LogP contribution in [0, 0.1) is 0 Å². The summed E-state index contributed by atoms with van der Waals surface area (Å²) in [6.45, 7) is 9.51. The molecule has 1 rings (SSSR count). The Bertz CT molecular complexity index is 311. The smallest absolute Gasteiger partial charge is 0.120 e. The van der Waals surface area contributed by atoms with Crippen molar-refractivity contribution in [3.63, 3.8) is 0 Å². The van der Waals surface area contributed by atoms with Crippen LogP contribution >= 0.6 is 0 Å². The van der Waals surface area contributed by atoms with Crippen LogP contribution in [0.25, 0.3) is 0 Å². The van der Waals surface area contributed by atoms with Gasteiger partial charge in [0.2, 0.25) is 0 Å². The maximum absolute atomic E-state index is 5.80. The topological polar surface area (TPSA) is 21.3 Å². The first kappa shape index (κ1) is 13.0. The van der Waals surface area contributed by atoms with Crippen molar-refractivity contribution in [1.82, 2.24) is 5.32 Å². The predicted molar refractivity (Wildman–Crippen MR) is 68.9 cm³/mol. The lowest BCUT2D eigenvalue weighted by atomic mass is 10.1. The average Bonchev–Trinajstić information content (AvgIpc) is 2.29. The fraction of sp³-hybridized carbons (Fsp3) is 0.571. The third kappa shape index (κ3) is 3.86. The van der Waals surface area contributed by atoms with Gasteiger partial charge in [0.05, 0.1) is 6.10 Å². The predicted octanol–water partition coefficient (Wildman–Crippen LogP) is 3.53. The highest BCUT2D eigenvalue weighted by atomic mass is 16.5. The van der Waals surface area contributed by atoms with E-state index in [9.17, 15) is 0 Å². The zero-order chi connectivity index (χ0) is 12.0. The van der Waals surface area contributed by atoms with Gasteiger partial charge in [-0.3, -0.25) is 0 Å². The van der Waals surface area contributed by atoms with Crippen molar-refractivity contribution < 1.29 is 4.74 Å². The SMILES string of the molecule is CCN[C@H](C)c1cccc(O[C@H](C)CC)c1. The summed E-state index contributed by atoms with van der Waals surface area (Å²) < 4.78 is 5.80. The van der Waals surface area contributed by atoms with Gasteiger partial charge >= 0.3 is 0 Å². The molecule has 16 heavy (non-hydrogen) atoms. The van der Waals surface area contributed by atoms with Crippen LogP contribution in [0.3, 0.4) is 0 Å². The van der Waals surface area contributed by atoms with Gasteiger partial charge in [-0.2, -0.15) is 0 Å². The number of rotatable bonds is 6. The van der Waals surface area contributed by atoms with Crippen LogP contribution in [0.2, 0.25) is 0 Å². The second-order valence-corrected chi connectivity index (χ2v) is 4.19. The van der Waals surface area contributed by atoms with Gasteiger partial charge in [-0.1, -0.05) is 26.0 Å². The standard InChI is InChI=1S/C14H23NO/c1-5-11(3)16-14-9-7-8-13(10-14)12(4)15-6-2/h7-12,15H,5-6H2,1-4H3/t11-,12-/m1/s1. The molecule has 0 radical (unpaired) electrons. The molecule has 0 unspecified atom stereocenters. The van der Waals surface area contributed by atoms with Crippen molar-refractivity contribution in [1.29, 1.82) is 0 Å².